The molecular weight excluding hydrogens is 268 g/mol. The molecule has 0 radical (unpaired) electrons. The lowest BCUT2D eigenvalue weighted by Gasteiger charge is -2.11. The van der Waals surface area contributed by atoms with Crippen molar-refractivity contribution in [1.29, 1.82) is 0 Å². The average molecular weight is 292 g/mol. The van der Waals surface area contributed by atoms with E-state index < -0.39 is 0 Å². The van der Waals surface area contributed by atoms with Crippen LogP contribution in [0, 0.1) is 0 Å². The summed E-state index contributed by atoms with van der Waals surface area (Å²) in [6.07, 6.45) is 2.78. The van der Waals surface area contributed by atoms with E-state index in [0.717, 1.165) is 24.3 Å². The topological polar surface area (TPSA) is 59.6 Å². The largest absolute Gasteiger partial charge is 0.490 e. The first-order valence-corrected chi connectivity index (χ1v) is 7.64. The third kappa shape index (κ3) is 6.04. The number of para-hydroxylation sites is 2. The number of benzene rings is 1. The summed E-state index contributed by atoms with van der Waals surface area (Å²) in [5.74, 6) is 1.66. The Morgan fingerprint density at radius 2 is 1.90 bits per heavy atom. The van der Waals surface area contributed by atoms with Crippen LogP contribution in [-0.4, -0.2) is 38.3 Å². The van der Waals surface area contributed by atoms with Crippen molar-refractivity contribution in [3.8, 4) is 11.5 Å². The summed E-state index contributed by atoms with van der Waals surface area (Å²) in [5, 5.41) is 6.17. The second-order valence-electron chi connectivity index (χ2n) is 5.07. The molecule has 0 aromatic heterocycles. The van der Waals surface area contributed by atoms with Gasteiger partial charge in [-0.1, -0.05) is 12.1 Å². The smallest absolute Gasteiger partial charge is 0.221 e. The molecule has 1 fully saturated rings. The Kier molecular flexibility index (Phi) is 6.34. The molecule has 2 rings (SSSR count). The van der Waals surface area contributed by atoms with Gasteiger partial charge in [0.2, 0.25) is 5.91 Å². The van der Waals surface area contributed by atoms with Crippen LogP contribution in [0.25, 0.3) is 0 Å². The normalized spacial score (nSPS) is 13.8. The first kappa shape index (κ1) is 15.6. The van der Waals surface area contributed by atoms with E-state index in [1.807, 2.05) is 31.2 Å². The zero-order valence-corrected chi connectivity index (χ0v) is 12.6. The molecule has 1 aliphatic carbocycles. The first-order chi connectivity index (χ1) is 10.3. The van der Waals surface area contributed by atoms with Crippen LogP contribution in [0.4, 0.5) is 0 Å². The highest BCUT2D eigenvalue weighted by molar-refractivity contribution is 5.76. The van der Waals surface area contributed by atoms with Crippen LogP contribution in [-0.2, 0) is 4.79 Å². The van der Waals surface area contributed by atoms with Crippen molar-refractivity contribution in [2.45, 2.75) is 32.2 Å². The minimum atomic E-state index is 0.132. The summed E-state index contributed by atoms with van der Waals surface area (Å²) < 4.78 is 11.2. The predicted octanol–water partition coefficient (Wildman–Crippen LogP) is 1.72. The highest BCUT2D eigenvalue weighted by atomic mass is 16.5. The van der Waals surface area contributed by atoms with Gasteiger partial charge in [0.25, 0.3) is 0 Å². The Hall–Kier alpha value is -1.75. The van der Waals surface area contributed by atoms with E-state index in [1.54, 1.807) is 0 Å². The molecule has 5 nitrogen and oxygen atoms in total. The predicted molar refractivity (Wildman–Crippen MR) is 81.8 cm³/mol. The van der Waals surface area contributed by atoms with E-state index in [0.29, 0.717) is 38.8 Å². The van der Waals surface area contributed by atoms with Crippen LogP contribution in [0.2, 0.25) is 0 Å². The highest BCUT2D eigenvalue weighted by Gasteiger charge is 2.22. The van der Waals surface area contributed by atoms with Gasteiger partial charge in [-0.05, 0) is 31.9 Å². The summed E-state index contributed by atoms with van der Waals surface area (Å²) in [6.45, 7) is 4.50. The van der Waals surface area contributed by atoms with E-state index >= 15 is 0 Å². The van der Waals surface area contributed by atoms with Gasteiger partial charge in [0, 0.05) is 25.6 Å². The quantitative estimate of drug-likeness (QED) is 0.645. The molecule has 0 bridgehead atoms. The SMILES string of the molecule is CCOc1ccccc1OCCNCCC(=O)NC1CC1. The third-order valence-corrected chi connectivity index (χ3v) is 3.16. The number of ether oxygens (including phenoxy) is 2. The molecular formula is C16H24N2O3. The number of carbonyl (C=O) groups excluding carboxylic acids is 1. The standard InChI is InChI=1S/C16H24N2O3/c1-2-20-14-5-3-4-6-15(14)21-12-11-17-10-9-16(19)18-13-7-8-13/h3-6,13,17H,2,7-12H2,1H3,(H,18,19). The van der Waals surface area contributed by atoms with Crippen molar-refractivity contribution in [3.05, 3.63) is 24.3 Å². The molecule has 5 heteroatoms. The third-order valence-electron chi connectivity index (χ3n) is 3.16. The maximum absolute atomic E-state index is 11.5. The number of carbonyl (C=O) groups is 1. The molecule has 1 aliphatic rings. The van der Waals surface area contributed by atoms with Crippen molar-refractivity contribution in [2.75, 3.05) is 26.3 Å². The Morgan fingerprint density at radius 3 is 2.57 bits per heavy atom. The molecule has 2 N–H and O–H groups in total. The zero-order valence-electron chi connectivity index (χ0n) is 12.6. The van der Waals surface area contributed by atoms with Crippen LogP contribution >= 0.6 is 0 Å². The molecule has 1 saturated carbocycles. The van der Waals surface area contributed by atoms with E-state index in [1.165, 1.54) is 0 Å². The van der Waals surface area contributed by atoms with Crippen molar-refractivity contribution in [2.24, 2.45) is 0 Å². The number of hydrogen-bond donors (Lipinski definition) is 2. The van der Waals surface area contributed by atoms with Crippen LogP contribution < -0.4 is 20.1 Å². The molecule has 116 valence electrons. The molecule has 1 aromatic rings. The molecule has 1 aromatic carbocycles. The van der Waals surface area contributed by atoms with Gasteiger partial charge in [0.05, 0.1) is 6.61 Å². The summed E-state index contributed by atoms with van der Waals surface area (Å²) >= 11 is 0. The van der Waals surface area contributed by atoms with E-state index in [-0.39, 0.29) is 5.91 Å². The van der Waals surface area contributed by atoms with Crippen molar-refractivity contribution in [3.63, 3.8) is 0 Å². The fourth-order valence-corrected chi connectivity index (χ4v) is 1.93. The molecule has 0 saturated heterocycles. The van der Waals surface area contributed by atoms with Crippen LogP contribution in [0.5, 0.6) is 11.5 Å². The maximum atomic E-state index is 11.5. The van der Waals surface area contributed by atoms with Crippen molar-refractivity contribution < 1.29 is 14.3 Å². The molecule has 21 heavy (non-hydrogen) atoms. The van der Waals surface area contributed by atoms with Gasteiger partial charge in [-0.3, -0.25) is 4.79 Å². The second-order valence-corrected chi connectivity index (χ2v) is 5.07. The number of rotatable bonds is 10. The number of amides is 1. The molecule has 0 spiro atoms. The molecule has 0 unspecified atom stereocenters. The number of nitrogens with one attached hydrogen (secondary N) is 2. The van der Waals surface area contributed by atoms with Gasteiger partial charge in [0.1, 0.15) is 6.61 Å². The van der Waals surface area contributed by atoms with Gasteiger partial charge in [0.15, 0.2) is 11.5 Å². The van der Waals surface area contributed by atoms with Gasteiger partial charge < -0.3 is 20.1 Å². The first-order valence-electron chi connectivity index (χ1n) is 7.64. The molecule has 0 atom stereocenters. The average Bonchev–Trinajstić information content (AvgIpc) is 3.28. The molecule has 1 amide bonds. The van der Waals surface area contributed by atoms with Crippen LogP contribution in [0.1, 0.15) is 26.2 Å². The summed E-state index contributed by atoms with van der Waals surface area (Å²) in [7, 11) is 0. The Bertz CT molecular complexity index is 447. The lowest BCUT2D eigenvalue weighted by Crippen LogP contribution is -2.30. The lowest BCUT2D eigenvalue weighted by atomic mass is 10.3. The molecule has 0 heterocycles. The summed E-state index contributed by atoms with van der Waals surface area (Å²) in [4.78, 5) is 11.5. The van der Waals surface area contributed by atoms with Gasteiger partial charge in [-0.2, -0.15) is 0 Å². The Labute approximate surface area is 126 Å². The monoisotopic (exact) mass is 292 g/mol. The fourth-order valence-electron chi connectivity index (χ4n) is 1.93. The Balaban J connectivity index is 1.55. The van der Waals surface area contributed by atoms with E-state index in [2.05, 4.69) is 10.6 Å². The second kappa shape index (κ2) is 8.52. The van der Waals surface area contributed by atoms with Gasteiger partial charge in [-0.25, -0.2) is 0 Å². The van der Waals surface area contributed by atoms with E-state index in [9.17, 15) is 4.79 Å². The van der Waals surface area contributed by atoms with Crippen LogP contribution in [0.15, 0.2) is 24.3 Å². The Morgan fingerprint density at radius 1 is 1.19 bits per heavy atom. The summed E-state index contributed by atoms with van der Waals surface area (Å²) in [5.41, 5.74) is 0. The van der Waals surface area contributed by atoms with Crippen molar-refractivity contribution in [1.82, 2.24) is 10.6 Å². The van der Waals surface area contributed by atoms with Crippen LogP contribution in [0.3, 0.4) is 0 Å². The minimum Gasteiger partial charge on any atom is -0.490 e. The maximum Gasteiger partial charge on any atom is 0.221 e. The zero-order chi connectivity index (χ0) is 14.9. The van der Waals surface area contributed by atoms with Gasteiger partial charge in [-0.15, -0.1) is 0 Å². The van der Waals surface area contributed by atoms with Crippen molar-refractivity contribution >= 4 is 5.91 Å². The molecule has 0 aliphatic heterocycles. The minimum absolute atomic E-state index is 0.132. The highest BCUT2D eigenvalue weighted by Crippen LogP contribution is 2.26. The fraction of sp³-hybridized carbons (Fsp3) is 0.562. The number of hydrogen-bond acceptors (Lipinski definition) is 4. The lowest BCUT2D eigenvalue weighted by molar-refractivity contribution is -0.121. The van der Waals surface area contributed by atoms with E-state index in [4.69, 9.17) is 9.47 Å². The summed E-state index contributed by atoms with van der Waals surface area (Å²) in [6, 6.07) is 8.08. The van der Waals surface area contributed by atoms with Gasteiger partial charge >= 0.3 is 0 Å².